The molecule has 0 bridgehead atoms. The van der Waals surface area contributed by atoms with Crippen molar-refractivity contribution in [1.82, 2.24) is 5.48 Å². The van der Waals surface area contributed by atoms with E-state index in [1.807, 2.05) is 0 Å². The fourth-order valence-electron chi connectivity index (χ4n) is 1.94. The Labute approximate surface area is 109 Å². The van der Waals surface area contributed by atoms with Crippen LogP contribution in [0, 0.1) is 0 Å². The zero-order valence-corrected chi connectivity index (χ0v) is 11.0. The number of carbonyl (C=O) groups is 1. The lowest BCUT2D eigenvalue weighted by molar-refractivity contribution is -0.0124. The number of benzene rings is 1. The van der Waals surface area contributed by atoms with Crippen LogP contribution in [0.3, 0.4) is 0 Å². The Hall–Kier alpha value is -1.07. The Morgan fingerprint density at radius 3 is 2.76 bits per heavy atom. The van der Waals surface area contributed by atoms with E-state index in [0.717, 1.165) is 17.3 Å². The SMILES string of the molecule is Nc1cc(Br)ccc1C(=O)NOC1CCCC1. The Balaban J connectivity index is 1.94. The van der Waals surface area contributed by atoms with Gasteiger partial charge in [0.1, 0.15) is 0 Å². The highest BCUT2D eigenvalue weighted by Crippen LogP contribution is 2.21. The third-order valence-electron chi connectivity index (χ3n) is 2.88. The molecule has 1 aromatic carbocycles. The normalized spacial score (nSPS) is 16.1. The fourth-order valence-corrected chi connectivity index (χ4v) is 2.32. The van der Waals surface area contributed by atoms with Crippen molar-refractivity contribution in [3.63, 3.8) is 0 Å². The fraction of sp³-hybridized carbons (Fsp3) is 0.417. The molecule has 0 radical (unpaired) electrons. The standard InChI is InChI=1S/C12H15BrN2O2/c13-8-5-6-10(11(14)7-8)12(16)15-17-9-3-1-2-4-9/h5-7,9H,1-4,14H2,(H,15,16). The summed E-state index contributed by atoms with van der Waals surface area (Å²) in [5.74, 6) is -0.290. The van der Waals surface area contributed by atoms with Crippen LogP contribution in [-0.2, 0) is 4.84 Å². The smallest absolute Gasteiger partial charge is 0.276 e. The Morgan fingerprint density at radius 1 is 1.41 bits per heavy atom. The maximum absolute atomic E-state index is 11.8. The van der Waals surface area contributed by atoms with Gasteiger partial charge in [-0.25, -0.2) is 5.48 Å². The van der Waals surface area contributed by atoms with Gasteiger partial charge in [-0.1, -0.05) is 28.8 Å². The van der Waals surface area contributed by atoms with Gasteiger partial charge >= 0.3 is 0 Å². The van der Waals surface area contributed by atoms with Crippen LogP contribution in [0.5, 0.6) is 0 Å². The van der Waals surface area contributed by atoms with Gasteiger partial charge in [0.25, 0.3) is 5.91 Å². The van der Waals surface area contributed by atoms with E-state index in [9.17, 15) is 4.79 Å². The molecule has 5 heteroatoms. The lowest BCUT2D eigenvalue weighted by Crippen LogP contribution is -2.28. The minimum absolute atomic E-state index is 0.149. The van der Waals surface area contributed by atoms with E-state index in [0.29, 0.717) is 11.3 Å². The van der Waals surface area contributed by atoms with Crippen molar-refractivity contribution in [2.45, 2.75) is 31.8 Å². The third kappa shape index (κ3) is 3.20. The molecular formula is C12H15BrN2O2. The van der Waals surface area contributed by atoms with Gasteiger partial charge in [0, 0.05) is 10.2 Å². The minimum atomic E-state index is -0.290. The Morgan fingerprint density at radius 2 is 2.12 bits per heavy atom. The largest absolute Gasteiger partial charge is 0.398 e. The van der Waals surface area contributed by atoms with Crippen LogP contribution < -0.4 is 11.2 Å². The van der Waals surface area contributed by atoms with Crippen LogP contribution in [-0.4, -0.2) is 12.0 Å². The molecule has 0 atom stereocenters. The first-order valence-electron chi connectivity index (χ1n) is 5.68. The van der Waals surface area contributed by atoms with Crippen molar-refractivity contribution < 1.29 is 9.63 Å². The van der Waals surface area contributed by atoms with Gasteiger partial charge in [-0.05, 0) is 31.0 Å². The molecule has 1 aliphatic carbocycles. The summed E-state index contributed by atoms with van der Waals surface area (Å²) in [5, 5.41) is 0. The van der Waals surface area contributed by atoms with Crippen LogP contribution in [0.1, 0.15) is 36.0 Å². The lowest BCUT2D eigenvalue weighted by Gasteiger charge is -2.12. The molecule has 0 saturated heterocycles. The van der Waals surface area contributed by atoms with Gasteiger partial charge in [-0.15, -0.1) is 0 Å². The second-order valence-corrected chi connectivity index (χ2v) is 5.10. The highest BCUT2D eigenvalue weighted by Gasteiger charge is 2.18. The molecular weight excluding hydrogens is 284 g/mol. The van der Waals surface area contributed by atoms with E-state index in [1.165, 1.54) is 12.8 Å². The second kappa shape index (κ2) is 5.51. The van der Waals surface area contributed by atoms with Gasteiger partial charge in [-0.2, -0.15) is 0 Å². The first-order valence-corrected chi connectivity index (χ1v) is 6.47. The Bertz CT molecular complexity index is 417. The maximum atomic E-state index is 11.8. The molecule has 1 fully saturated rings. The number of nitrogen functional groups attached to an aromatic ring is 1. The van der Waals surface area contributed by atoms with Crippen molar-refractivity contribution in [3.05, 3.63) is 28.2 Å². The zero-order chi connectivity index (χ0) is 12.3. The molecule has 0 spiro atoms. The number of carbonyl (C=O) groups excluding carboxylic acids is 1. The number of rotatable bonds is 3. The maximum Gasteiger partial charge on any atom is 0.276 e. The number of nitrogens with two attached hydrogens (primary N) is 1. The molecule has 0 aromatic heterocycles. The summed E-state index contributed by atoms with van der Waals surface area (Å²) in [6.07, 6.45) is 4.50. The predicted octanol–water partition coefficient (Wildman–Crippen LogP) is 2.64. The van der Waals surface area contributed by atoms with E-state index in [-0.39, 0.29) is 12.0 Å². The summed E-state index contributed by atoms with van der Waals surface area (Å²) in [7, 11) is 0. The molecule has 1 saturated carbocycles. The van der Waals surface area contributed by atoms with Gasteiger partial charge in [0.15, 0.2) is 0 Å². The molecule has 0 unspecified atom stereocenters. The van der Waals surface area contributed by atoms with E-state index >= 15 is 0 Å². The molecule has 4 nitrogen and oxygen atoms in total. The van der Waals surface area contributed by atoms with Crippen molar-refractivity contribution in [1.29, 1.82) is 0 Å². The summed E-state index contributed by atoms with van der Waals surface area (Å²) in [6, 6.07) is 5.15. The van der Waals surface area contributed by atoms with Crippen molar-refractivity contribution in [2.75, 3.05) is 5.73 Å². The number of halogens is 1. The number of anilines is 1. The second-order valence-electron chi connectivity index (χ2n) is 4.19. The van der Waals surface area contributed by atoms with E-state index in [1.54, 1.807) is 18.2 Å². The molecule has 1 amide bonds. The lowest BCUT2D eigenvalue weighted by atomic mass is 10.2. The first kappa shape index (κ1) is 12.4. The molecule has 0 heterocycles. The quantitative estimate of drug-likeness (QED) is 0.666. The average Bonchev–Trinajstić information content (AvgIpc) is 2.78. The van der Waals surface area contributed by atoms with Gasteiger partial charge in [-0.3, -0.25) is 9.63 Å². The molecule has 1 aromatic rings. The zero-order valence-electron chi connectivity index (χ0n) is 9.41. The molecule has 92 valence electrons. The number of hydrogen-bond acceptors (Lipinski definition) is 3. The van der Waals surface area contributed by atoms with Crippen molar-refractivity contribution >= 4 is 27.5 Å². The molecule has 3 N–H and O–H groups in total. The van der Waals surface area contributed by atoms with E-state index < -0.39 is 0 Å². The van der Waals surface area contributed by atoms with Crippen molar-refractivity contribution in [2.24, 2.45) is 0 Å². The minimum Gasteiger partial charge on any atom is -0.398 e. The van der Waals surface area contributed by atoms with E-state index in [2.05, 4.69) is 21.4 Å². The molecule has 1 aliphatic rings. The number of amides is 1. The molecule has 0 aliphatic heterocycles. The average molecular weight is 299 g/mol. The van der Waals surface area contributed by atoms with Gasteiger partial charge < -0.3 is 5.73 Å². The highest BCUT2D eigenvalue weighted by atomic mass is 79.9. The monoisotopic (exact) mass is 298 g/mol. The summed E-state index contributed by atoms with van der Waals surface area (Å²) < 4.78 is 0.850. The molecule has 2 rings (SSSR count). The van der Waals surface area contributed by atoms with Crippen LogP contribution in [0.2, 0.25) is 0 Å². The number of hydrogen-bond donors (Lipinski definition) is 2. The highest BCUT2D eigenvalue weighted by molar-refractivity contribution is 9.10. The van der Waals surface area contributed by atoms with Crippen LogP contribution in [0.4, 0.5) is 5.69 Å². The number of nitrogens with one attached hydrogen (secondary N) is 1. The van der Waals surface area contributed by atoms with Gasteiger partial charge in [0.05, 0.1) is 11.7 Å². The Kier molecular flexibility index (Phi) is 4.02. The first-order chi connectivity index (χ1) is 8.16. The summed E-state index contributed by atoms with van der Waals surface area (Å²) in [6.45, 7) is 0. The van der Waals surface area contributed by atoms with Crippen LogP contribution in [0.25, 0.3) is 0 Å². The van der Waals surface area contributed by atoms with Crippen LogP contribution in [0.15, 0.2) is 22.7 Å². The van der Waals surface area contributed by atoms with E-state index in [4.69, 9.17) is 10.6 Å². The predicted molar refractivity (Wildman–Crippen MR) is 69.4 cm³/mol. The van der Waals surface area contributed by atoms with Crippen LogP contribution >= 0.6 is 15.9 Å². The summed E-state index contributed by atoms with van der Waals surface area (Å²) in [4.78, 5) is 17.1. The number of hydroxylamine groups is 1. The third-order valence-corrected chi connectivity index (χ3v) is 3.37. The van der Waals surface area contributed by atoms with Crippen molar-refractivity contribution in [3.8, 4) is 0 Å². The molecule has 17 heavy (non-hydrogen) atoms. The van der Waals surface area contributed by atoms with Gasteiger partial charge in [0.2, 0.25) is 0 Å². The summed E-state index contributed by atoms with van der Waals surface area (Å²) >= 11 is 3.30. The topological polar surface area (TPSA) is 64.4 Å². The summed E-state index contributed by atoms with van der Waals surface area (Å²) in [5.41, 5.74) is 9.10.